The predicted octanol–water partition coefficient (Wildman–Crippen LogP) is 2.59. The molecule has 0 atom stereocenters. The molecule has 0 saturated heterocycles. The zero-order chi connectivity index (χ0) is 18.0. The Balaban J connectivity index is 2.42. The normalized spacial score (nSPS) is 10.5. The van der Waals surface area contributed by atoms with E-state index < -0.39 is 27.1 Å². The Morgan fingerprint density at radius 1 is 1.21 bits per heavy atom. The molecule has 2 rings (SSSR count). The fourth-order valence-corrected chi connectivity index (χ4v) is 2.32. The summed E-state index contributed by atoms with van der Waals surface area (Å²) in [5.41, 5.74) is -0.0274. The molecule has 0 aliphatic rings. The van der Waals surface area contributed by atoms with Crippen LogP contribution in [0.15, 0.2) is 18.3 Å². The Hall–Kier alpha value is -3.30. The van der Waals surface area contributed by atoms with E-state index in [0.29, 0.717) is 17.8 Å². The first-order chi connectivity index (χ1) is 11.3. The Morgan fingerprint density at radius 2 is 1.75 bits per heavy atom. The molecule has 0 radical (unpaired) electrons. The molecule has 10 heteroatoms. The Bertz CT molecular complexity index is 807. The third kappa shape index (κ3) is 3.07. The molecule has 0 bridgehead atoms. The molecule has 24 heavy (non-hydrogen) atoms. The third-order valence-electron chi connectivity index (χ3n) is 3.65. The van der Waals surface area contributed by atoms with Crippen molar-refractivity contribution in [2.75, 3.05) is 5.32 Å². The summed E-state index contributed by atoms with van der Waals surface area (Å²) in [7, 11) is 0. The number of nitrogens with one attached hydrogen (secondary N) is 1. The van der Waals surface area contributed by atoms with Crippen molar-refractivity contribution in [1.29, 1.82) is 0 Å². The molecule has 2 aromatic rings. The van der Waals surface area contributed by atoms with E-state index in [1.165, 1.54) is 13.1 Å². The highest BCUT2D eigenvalue weighted by Crippen LogP contribution is 2.32. The topological polar surface area (TPSA) is 133 Å². The first kappa shape index (κ1) is 17.1. The van der Waals surface area contributed by atoms with Crippen LogP contribution in [-0.4, -0.2) is 25.5 Å². The van der Waals surface area contributed by atoms with Gasteiger partial charge in [-0.05, 0) is 20.8 Å². The van der Waals surface area contributed by atoms with E-state index >= 15 is 0 Å². The van der Waals surface area contributed by atoms with Gasteiger partial charge in [0.1, 0.15) is 5.56 Å². The number of hydrogen-bond acceptors (Lipinski definition) is 6. The van der Waals surface area contributed by atoms with Crippen molar-refractivity contribution in [3.63, 3.8) is 0 Å². The molecule has 0 spiro atoms. The molecule has 1 aromatic heterocycles. The molecule has 0 saturated carbocycles. The van der Waals surface area contributed by atoms with E-state index in [4.69, 9.17) is 0 Å². The number of aryl methyl sites for hydroxylation is 1. The van der Waals surface area contributed by atoms with E-state index in [-0.39, 0.29) is 11.3 Å². The molecule has 0 fully saturated rings. The number of aromatic nitrogens is 2. The van der Waals surface area contributed by atoms with Gasteiger partial charge >= 0.3 is 0 Å². The maximum Gasteiger partial charge on any atom is 0.281 e. The van der Waals surface area contributed by atoms with Crippen molar-refractivity contribution in [1.82, 2.24) is 9.78 Å². The number of carbonyl (C=O) groups is 1. The van der Waals surface area contributed by atoms with Gasteiger partial charge < -0.3 is 5.32 Å². The Morgan fingerprint density at radius 3 is 2.17 bits per heavy atom. The summed E-state index contributed by atoms with van der Waals surface area (Å²) < 4.78 is 1.62. The molecule has 1 aromatic carbocycles. The molecular formula is C14H15N5O5. The maximum atomic E-state index is 12.3. The highest BCUT2D eigenvalue weighted by atomic mass is 16.6. The quantitative estimate of drug-likeness (QED) is 0.660. The number of anilines is 1. The van der Waals surface area contributed by atoms with Crippen molar-refractivity contribution < 1.29 is 14.6 Å². The number of hydrogen-bond donors (Lipinski definition) is 1. The Kier molecular flexibility index (Phi) is 4.58. The zero-order valence-electron chi connectivity index (χ0n) is 13.3. The lowest BCUT2D eigenvalue weighted by Gasteiger charge is -2.07. The zero-order valence-corrected chi connectivity index (χ0v) is 13.3. The smallest absolute Gasteiger partial charge is 0.281 e. The Labute approximate surface area is 136 Å². The second-order valence-corrected chi connectivity index (χ2v) is 5.07. The number of amides is 1. The summed E-state index contributed by atoms with van der Waals surface area (Å²) in [6.45, 7) is 5.46. The summed E-state index contributed by atoms with van der Waals surface area (Å²) in [6, 6.07) is 2.19. The van der Waals surface area contributed by atoms with Crippen LogP contribution in [0.1, 0.15) is 28.5 Å². The number of nitro groups is 2. The summed E-state index contributed by atoms with van der Waals surface area (Å²) in [5, 5.41) is 28.6. The highest BCUT2D eigenvalue weighted by molar-refractivity contribution is 6.05. The fourth-order valence-electron chi connectivity index (χ4n) is 2.32. The van der Waals surface area contributed by atoms with Crippen molar-refractivity contribution in [3.8, 4) is 0 Å². The van der Waals surface area contributed by atoms with Gasteiger partial charge in [0.15, 0.2) is 0 Å². The van der Waals surface area contributed by atoms with Gasteiger partial charge in [0.05, 0.1) is 27.3 Å². The molecule has 1 N–H and O–H groups in total. The number of nitrogens with zero attached hydrogens (tertiary/aromatic N) is 4. The van der Waals surface area contributed by atoms with Crippen LogP contribution in [0.5, 0.6) is 0 Å². The van der Waals surface area contributed by atoms with Gasteiger partial charge in [-0.2, -0.15) is 5.10 Å². The average molecular weight is 333 g/mol. The second kappa shape index (κ2) is 6.44. The second-order valence-electron chi connectivity index (χ2n) is 5.07. The standard InChI is InChI=1S/C14H15N5O5/c1-4-17-9(3)11(7-15-17)14(20)16-10-5-12(18(21)22)8(2)13(6-10)19(23)24/h5-7H,4H2,1-3H3,(H,16,20). The highest BCUT2D eigenvalue weighted by Gasteiger charge is 2.24. The van der Waals surface area contributed by atoms with Crippen LogP contribution < -0.4 is 5.32 Å². The minimum absolute atomic E-state index is 0.0207. The van der Waals surface area contributed by atoms with Gasteiger partial charge in [-0.1, -0.05) is 0 Å². The van der Waals surface area contributed by atoms with Crippen LogP contribution in [0.4, 0.5) is 17.1 Å². The summed E-state index contributed by atoms with van der Waals surface area (Å²) in [6.07, 6.45) is 1.38. The first-order valence-corrected chi connectivity index (χ1v) is 7.03. The average Bonchev–Trinajstić information content (AvgIpc) is 2.89. The first-order valence-electron chi connectivity index (χ1n) is 7.03. The van der Waals surface area contributed by atoms with Crippen LogP contribution in [0.3, 0.4) is 0 Å². The van der Waals surface area contributed by atoms with Crippen molar-refractivity contribution in [2.45, 2.75) is 27.3 Å². The predicted molar refractivity (Wildman–Crippen MR) is 85.1 cm³/mol. The molecule has 1 amide bonds. The van der Waals surface area contributed by atoms with Crippen LogP contribution in [-0.2, 0) is 6.54 Å². The molecular weight excluding hydrogens is 318 g/mol. The van der Waals surface area contributed by atoms with Gasteiger partial charge in [-0.25, -0.2) is 0 Å². The molecule has 0 unspecified atom stereocenters. The molecule has 126 valence electrons. The molecule has 0 aliphatic heterocycles. The van der Waals surface area contributed by atoms with E-state index in [9.17, 15) is 25.0 Å². The number of nitro benzene ring substituents is 2. The molecule has 0 aliphatic carbocycles. The van der Waals surface area contributed by atoms with E-state index in [1.807, 2.05) is 6.92 Å². The fraction of sp³-hybridized carbons (Fsp3) is 0.286. The van der Waals surface area contributed by atoms with E-state index in [0.717, 1.165) is 12.1 Å². The monoisotopic (exact) mass is 333 g/mol. The lowest BCUT2D eigenvalue weighted by Crippen LogP contribution is -2.14. The minimum atomic E-state index is -0.724. The van der Waals surface area contributed by atoms with Gasteiger partial charge in [-0.3, -0.25) is 29.7 Å². The number of benzene rings is 1. The van der Waals surface area contributed by atoms with Gasteiger partial charge in [-0.15, -0.1) is 0 Å². The lowest BCUT2D eigenvalue weighted by molar-refractivity contribution is -0.395. The van der Waals surface area contributed by atoms with Crippen molar-refractivity contribution in [2.24, 2.45) is 0 Å². The maximum absolute atomic E-state index is 12.3. The SMILES string of the molecule is CCn1ncc(C(=O)Nc2cc([N+](=O)[O-])c(C)c([N+](=O)[O-])c2)c1C. The van der Waals surface area contributed by atoms with Crippen molar-refractivity contribution >= 4 is 23.0 Å². The third-order valence-corrected chi connectivity index (χ3v) is 3.65. The van der Waals surface area contributed by atoms with Crippen LogP contribution in [0, 0.1) is 34.1 Å². The summed E-state index contributed by atoms with van der Waals surface area (Å²) >= 11 is 0. The van der Waals surface area contributed by atoms with Crippen molar-refractivity contribution in [3.05, 3.63) is 55.4 Å². The minimum Gasteiger partial charge on any atom is -0.321 e. The number of rotatable bonds is 5. The summed E-state index contributed by atoms with van der Waals surface area (Å²) in [5.74, 6) is -0.542. The van der Waals surface area contributed by atoms with Gasteiger partial charge in [0.25, 0.3) is 17.3 Å². The number of carbonyl (C=O) groups excluding carboxylic acids is 1. The van der Waals surface area contributed by atoms with Crippen LogP contribution >= 0.6 is 0 Å². The van der Waals surface area contributed by atoms with Crippen LogP contribution in [0.25, 0.3) is 0 Å². The van der Waals surface area contributed by atoms with Gasteiger partial charge in [0, 0.05) is 24.4 Å². The largest absolute Gasteiger partial charge is 0.321 e. The van der Waals surface area contributed by atoms with E-state index in [1.54, 1.807) is 11.6 Å². The summed E-state index contributed by atoms with van der Waals surface area (Å²) in [4.78, 5) is 33.0. The lowest BCUT2D eigenvalue weighted by atomic mass is 10.1. The molecule has 1 heterocycles. The molecule has 10 nitrogen and oxygen atoms in total. The van der Waals surface area contributed by atoms with E-state index in [2.05, 4.69) is 10.4 Å². The van der Waals surface area contributed by atoms with Crippen LogP contribution in [0.2, 0.25) is 0 Å². The van der Waals surface area contributed by atoms with Gasteiger partial charge in [0.2, 0.25) is 0 Å².